The summed E-state index contributed by atoms with van der Waals surface area (Å²) >= 11 is 3.40. The minimum Gasteiger partial charge on any atom is -0.373 e. The predicted octanol–water partition coefficient (Wildman–Crippen LogP) is 3.17. The lowest BCUT2D eigenvalue weighted by molar-refractivity contribution is 0.859. The Labute approximate surface area is 87.7 Å². The van der Waals surface area contributed by atoms with E-state index in [2.05, 4.69) is 46.1 Å². The van der Waals surface area contributed by atoms with Gasteiger partial charge in [-0.3, -0.25) is 0 Å². The third-order valence-corrected chi connectivity index (χ3v) is 2.18. The van der Waals surface area contributed by atoms with Crippen LogP contribution in [0, 0.1) is 0 Å². The maximum absolute atomic E-state index is 4.26. The van der Waals surface area contributed by atoms with Crippen molar-refractivity contribution in [2.45, 2.75) is 19.8 Å². The van der Waals surface area contributed by atoms with Crippen LogP contribution in [0.3, 0.4) is 0 Å². The minimum absolute atomic E-state index is 0. The second kappa shape index (κ2) is 5.19. The van der Waals surface area contributed by atoms with Crippen molar-refractivity contribution >= 4 is 21.7 Å². The molecule has 4 heteroatoms. The highest BCUT2D eigenvalue weighted by Gasteiger charge is 2.06. The van der Waals surface area contributed by atoms with Gasteiger partial charge < -0.3 is 11.5 Å². The van der Waals surface area contributed by atoms with Gasteiger partial charge in [-0.2, -0.15) is 0 Å². The molecule has 0 saturated heterocycles. The first-order valence-corrected chi connectivity index (χ1v) is 4.77. The quantitative estimate of drug-likeness (QED) is 0.842. The Morgan fingerprint density at radius 3 is 2.54 bits per heavy atom. The predicted molar refractivity (Wildman–Crippen MR) is 60.6 cm³/mol. The van der Waals surface area contributed by atoms with Gasteiger partial charge in [-0.25, -0.2) is 4.98 Å². The molecule has 1 rings (SSSR count). The standard InChI is InChI=1S/C9H13BrN2.H3N/c1-6(2)8-4-7(10)5-12-9(8)11-3;/h4-6H,1-3H3,(H,11,12);1H3. The Morgan fingerprint density at radius 2 is 2.08 bits per heavy atom. The fraction of sp³-hybridized carbons (Fsp3) is 0.444. The van der Waals surface area contributed by atoms with Crippen molar-refractivity contribution in [3.63, 3.8) is 0 Å². The molecule has 1 aromatic heterocycles. The molecule has 4 N–H and O–H groups in total. The molecular formula is C9H16BrN3. The van der Waals surface area contributed by atoms with E-state index in [9.17, 15) is 0 Å². The maximum Gasteiger partial charge on any atom is 0.129 e. The van der Waals surface area contributed by atoms with E-state index < -0.39 is 0 Å². The zero-order valence-electron chi connectivity index (χ0n) is 8.26. The number of nitrogens with zero attached hydrogens (tertiary/aromatic N) is 1. The fourth-order valence-corrected chi connectivity index (χ4v) is 1.45. The van der Waals surface area contributed by atoms with Crippen LogP contribution in [0.15, 0.2) is 16.7 Å². The number of hydrogen-bond donors (Lipinski definition) is 2. The van der Waals surface area contributed by atoms with E-state index >= 15 is 0 Å². The molecule has 0 aromatic carbocycles. The lowest BCUT2D eigenvalue weighted by Gasteiger charge is -2.10. The lowest BCUT2D eigenvalue weighted by atomic mass is 10.0. The second-order valence-electron chi connectivity index (χ2n) is 3.00. The Hall–Kier alpha value is -0.610. The van der Waals surface area contributed by atoms with Gasteiger partial charge in [0.15, 0.2) is 0 Å². The first kappa shape index (κ1) is 12.4. The number of anilines is 1. The van der Waals surface area contributed by atoms with Gasteiger partial charge in [0.2, 0.25) is 0 Å². The van der Waals surface area contributed by atoms with Crippen LogP contribution >= 0.6 is 15.9 Å². The first-order valence-electron chi connectivity index (χ1n) is 3.98. The summed E-state index contributed by atoms with van der Waals surface area (Å²) < 4.78 is 1.03. The summed E-state index contributed by atoms with van der Waals surface area (Å²) in [6.07, 6.45) is 1.80. The smallest absolute Gasteiger partial charge is 0.129 e. The van der Waals surface area contributed by atoms with E-state index in [4.69, 9.17) is 0 Å². The Balaban J connectivity index is 0.00000144. The number of pyridine rings is 1. The Bertz CT molecular complexity index is 274. The normalized spacial score (nSPS) is 9.62. The molecule has 13 heavy (non-hydrogen) atoms. The summed E-state index contributed by atoms with van der Waals surface area (Å²) in [5, 5.41) is 3.07. The van der Waals surface area contributed by atoms with Gasteiger partial charge in [-0.15, -0.1) is 0 Å². The van der Waals surface area contributed by atoms with Crippen molar-refractivity contribution in [3.05, 3.63) is 22.3 Å². The number of halogens is 1. The van der Waals surface area contributed by atoms with Gasteiger partial charge in [-0.1, -0.05) is 13.8 Å². The van der Waals surface area contributed by atoms with E-state index in [0.29, 0.717) is 5.92 Å². The summed E-state index contributed by atoms with van der Waals surface area (Å²) in [4.78, 5) is 4.26. The summed E-state index contributed by atoms with van der Waals surface area (Å²) in [6, 6.07) is 2.10. The average molecular weight is 246 g/mol. The highest BCUT2D eigenvalue weighted by atomic mass is 79.9. The molecule has 0 aliphatic heterocycles. The topological polar surface area (TPSA) is 59.9 Å². The van der Waals surface area contributed by atoms with Crippen LogP contribution in [0.5, 0.6) is 0 Å². The number of nitrogens with one attached hydrogen (secondary N) is 1. The second-order valence-corrected chi connectivity index (χ2v) is 3.91. The molecule has 0 bridgehead atoms. The summed E-state index contributed by atoms with van der Waals surface area (Å²) in [6.45, 7) is 4.31. The van der Waals surface area contributed by atoms with E-state index in [-0.39, 0.29) is 6.15 Å². The maximum atomic E-state index is 4.26. The van der Waals surface area contributed by atoms with Gasteiger partial charge in [0.05, 0.1) is 0 Å². The molecule has 74 valence electrons. The van der Waals surface area contributed by atoms with Crippen LogP contribution in [0.25, 0.3) is 0 Å². The summed E-state index contributed by atoms with van der Waals surface area (Å²) in [5.74, 6) is 1.46. The van der Waals surface area contributed by atoms with Crippen molar-refractivity contribution in [3.8, 4) is 0 Å². The van der Waals surface area contributed by atoms with E-state index in [1.165, 1.54) is 5.56 Å². The van der Waals surface area contributed by atoms with Crippen molar-refractivity contribution in [1.29, 1.82) is 0 Å². The average Bonchev–Trinajstić information content (AvgIpc) is 2.04. The number of aromatic nitrogens is 1. The van der Waals surface area contributed by atoms with E-state index in [1.54, 1.807) is 6.20 Å². The third-order valence-electron chi connectivity index (χ3n) is 1.74. The molecule has 0 fully saturated rings. The van der Waals surface area contributed by atoms with Crippen LogP contribution in [0.4, 0.5) is 5.82 Å². The zero-order valence-corrected chi connectivity index (χ0v) is 9.85. The summed E-state index contributed by atoms with van der Waals surface area (Å²) in [5.41, 5.74) is 1.24. The number of rotatable bonds is 2. The van der Waals surface area contributed by atoms with Crippen LogP contribution in [-0.4, -0.2) is 12.0 Å². The molecule has 0 aliphatic carbocycles. The Kier molecular flexibility index (Phi) is 4.95. The van der Waals surface area contributed by atoms with Gasteiger partial charge >= 0.3 is 0 Å². The lowest BCUT2D eigenvalue weighted by Crippen LogP contribution is -1.99. The van der Waals surface area contributed by atoms with Crippen molar-refractivity contribution < 1.29 is 0 Å². The highest BCUT2D eigenvalue weighted by molar-refractivity contribution is 9.10. The SMILES string of the molecule is CNc1ncc(Br)cc1C(C)C.N. The van der Waals surface area contributed by atoms with Crippen LogP contribution in [0.1, 0.15) is 25.3 Å². The van der Waals surface area contributed by atoms with Crippen LogP contribution in [0.2, 0.25) is 0 Å². The molecule has 3 nitrogen and oxygen atoms in total. The van der Waals surface area contributed by atoms with Gasteiger partial charge in [0, 0.05) is 17.7 Å². The van der Waals surface area contributed by atoms with Crippen molar-refractivity contribution in [2.75, 3.05) is 12.4 Å². The molecule has 0 atom stereocenters. The highest BCUT2D eigenvalue weighted by Crippen LogP contribution is 2.24. The molecular weight excluding hydrogens is 230 g/mol. The minimum atomic E-state index is 0. The fourth-order valence-electron chi connectivity index (χ4n) is 1.10. The molecule has 0 aliphatic rings. The largest absolute Gasteiger partial charge is 0.373 e. The molecule has 1 aromatic rings. The van der Waals surface area contributed by atoms with Crippen molar-refractivity contribution in [2.24, 2.45) is 0 Å². The Morgan fingerprint density at radius 1 is 1.46 bits per heavy atom. The molecule has 0 radical (unpaired) electrons. The zero-order chi connectivity index (χ0) is 9.14. The van der Waals surface area contributed by atoms with Gasteiger partial charge in [0.25, 0.3) is 0 Å². The van der Waals surface area contributed by atoms with Crippen LogP contribution in [-0.2, 0) is 0 Å². The molecule has 0 amide bonds. The first-order chi connectivity index (χ1) is 5.65. The molecule has 1 heterocycles. The van der Waals surface area contributed by atoms with E-state index in [1.807, 2.05) is 7.05 Å². The monoisotopic (exact) mass is 245 g/mol. The molecule has 0 spiro atoms. The molecule has 0 saturated carbocycles. The third kappa shape index (κ3) is 2.97. The van der Waals surface area contributed by atoms with E-state index in [0.717, 1.165) is 10.3 Å². The van der Waals surface area contributed by atoms with Crippen LogP contribution < -0.4 is 11.5 Å². The molecule has 0 unspecified atom stereocenters. The van der Waals surface area contributed by atoms with Gasteiger partial charge in [-0.05, 0) is 33.5 Å². The van der Waals surface area contributed by atoms with Gasteiger partial charge in [0.1, 0.15) is 5.82 Å². The summed E-state index contributed by atoms with van der Waals surface area (Å²) in [7, 11) is 1.89. The van der Waals surface area contributed by atoms with Crippen molar-refractivity contribution in [1.82, 2.24) is 11.1 Å². The number of hydrogen-bond acceptors (Lipinski definition) is 3.